The third-order valence-corrected chi connectivity index (χ3v) is 5.85. The summed E-state index contributed by atoms with van der Waals surface area (Å²) in [6.07, 6.45) is 24.0. The summed E-state index contributed by atoms with van der Waals surface area (Å²) in [7, 11) is 0. The van der Waals surface area contributed by atoms with Crippen LogP contribution in [0, 0.1) is 5.92 Å². The summed E-state index contributed by atoms with van der Waals surface area (Å²) < 4.78 is 0. The standard InChI is InChI=1S/C18H36O2.C7H18N2/c1-2-3-4-5-6-7-8-9-10-11-12-13-14-15-16-17-18(19)20;1-3-7(4-2)5-6-9-8/h2-17H2,1H3,(H,19,20);7,9H,3-6,8H2,1-2H3. The lowest BCUT2D eigenvalue weighted by molar-refractivity contribution is -0.137. The van der Waals surface area contributed by atoms with Gasteiger partial charge in [-0.15, -0.1) is 0 Å². The predicted octanol–water partition coefficient (Wildman–Crippen LogP) is 7.61. The summed E-state index contributed by atoms with van der Waals surface area (Å²) in [4.78, 5) is 10.3. The van der Waals surface area contributed by atoms with E-state index in [1.807, 2.05) is 0 Å². The highest BCUT2D eigenvalue weighted by molar-refractivity contribution is 5.66. The second-order valence-electron chi connectivity index (χ2n) is 8.52. The predicted molar refractivity (Wildman–Crippen MR) is 128 cm³/mol. The first kappa shape index (κ1) is 30.6. The van der Waals surface area contributed by atoms with Gasteiger partial charge in [-0.1, -0.05) is 124 Å². The van der Waals surface area contributed by atoms with Gasteiger partial charge in [-0.2, -0.15) is 0 Å². The molecule has 0 aliphatic rings. The number of rotatable bonds is 21. The molecule has 0 aliphatic heterocycles. The largest absolute Gasteiger partial charge is 0.481 e. The fourth-order valence-corrected chi connectivity index (χ4v) is 3.63. The zero-order valence-electron chi connectivity index (χ0n) is 20.2. The first-order valence-electron chi connectivity index (χ1n) is 12.8. The fraction of sp³-hybridized carbons (Fsp3) is 0.960. The Bertz CT molecular complexity index is 307. The van der Waals surface area contributed by atoms with Crippen LogP contribution in [0.4, 0.5) is 0 Å². The van der Waals surface area contributed by atoms with Gasteiger partial charge in [0.05, 0.1) is 0 Å². The van der Waals surface area contributed by atoms with E-state index in [0.717, 1.165) is 25.3 Å². The average Bonchev–Trinajstić information content (AvgIpc) is 2.72. The minimum absolute atomic E-state index is 0.345. The third kappa shape index (κ3) is 29.7. The molecule has 0 radical (unpaired) electrons. The molecule has 0 unspecified atom stereocenters. The van der Waals surface area contributed by atoms with Crippen molar-refractivity contribution in [2.24, 2.45) is 11.8 Å². The molecule has 0 aliphatic carbocycles. The van der Waals surface area contributed by atoms with Crippen molar-refractivity contribution in [2.45, 2.75) is 143 Å². The highest BCUT2D eigenvalue weighted by Crippen LogP contribution is 2.13. The van der Waals surface area contributed by atoms with Crippen LogP contribution in [0.2, 0.25) is 0 Å². The molecule has 0 amide bonds. The summed E-state index contributed by atoms with van der Waals surface area (Å²) >= 11 is 0. The first-order valence-corrected chi connectivity index (χ1v) is 12.8. The highest BCUT2D eigenvalue weighted by Gasteiger charge is 2.00. The zero-order valence-corrected chi connectivity index (χ0v) is 20.2. The molecule has 0 aromatic rings. The maximum atomic E-state index is 10.3. The molecule has 0 bridgehead atoms. The lowest BCUT2D eigenvalue weighted by Crippen LogP contribution is -2.24. The van der Waals surface area contributed by atoms with E-state index < -0.39 is 5.97 Å². The third-order valence-electron chi connectivity index (χ3n) is 5.85. The molecule has 176 valence electrons. The van der Waals surface area contributed by atoms with Gasteiger partial charge in [0.25, 0.3) is 0 Å². The van der Waals surface area contributed by atoms with Gasteiger partial charge in [0, 0.05) is 13.0 Å². The Balaban J connectivity index is 0. The van der Waals surface area contributed by atoms with Gasteiger partial charge in [0.1, 0.15) is 0 Å². The summed E-state index contributed by atoms with van der Waals surface area (Å²) in [6.45, 7) is 7.67. The van der Waals surface area contributed by atoms with Gasteiger partial charge >= 0.3 is 5.97 Å². The van der Waals surface area contributed by atoms with E-state index in [0.29, 0.717) is 6.42 Å². The molecule has 0 heterocycles. The topological polar surface area (TPSA) is 75.3 Å². The minimum atomic E-state index is -0.653. The van der Waals surface area contributed by atoms with Crippen molar-refractivity contribution >= 4 is 5.97 Å². The van der Waals surface area contributed by atoms with Crippen molar-refractivity contribution < 1.29 is 9.90 Å². The quantitative estimate of drug-likeness (QED) is 0.103. The summed E-state index contributed by atoms with van der Waals surface area (Å²) in [5.41, 5.74) is 2.67. The molecule has 0 atom stereocenters. The van der Waals surface area contributed by atoms with E-state index >= 15 is 0 Å². The first-order chi connectivity index (χ1) is 14.1. The van der Waals surface area contributed by atoms with E-state index in [1.165, 1.54) is 103 Å². The molecule has 0 aromatic carbocycles. The molecule has 0 spiro atoms. The van der Waals surface area contributed by atoms with Gasteiger partial charge in [0.2, 0.25) is 0 Å². The van der Waals surface area contributed by atoms with Gasteiger partial charge in [-0.05, 0) is 18.8 Å². The van der Waals surface area contributed by atoms with Crippen LogP contribution < -0.4 is 11.3 Å². The van der Waals surface area contributed by atoms with Gasteiger partial charge in [0.15, 0.2) is 0 Å². The minimum Gasteiger partial charge on any atom is -0.481 e. The van der Waals surface area contributed by atoms with Crippen LogP contribution >= 0.6 is 0 Å². The second kappa shape index (κ2) is 27.4. The van der Waals surface area contributed by atoms with Crippen LogP contribution in [0.5, 0.6) is 0 Å². The number of hydrazine groups is 1. The van der Waals surface area contributed by atoms with Crippen LogP contribution in [-0.2, 0) is 4.79 Å². The lowest BCUT2D eigenvalue weighted by atomic mass is 10.00. The highest BCUT2D eigenvalue weighted by atomic mass is 16.4. The number of nitrogens with two attached hydrogens (primary N) is 1. The molecule has 4 nitrogen and oxygen atoms in total. The number of unbranched alkanes of at least 4 members (excludes halogenated alkanes) is 14. The second-order valence-corrected chi connectivity index (χ2v) is 8.52. The van der Waals surface area contributed by atoms with Crippen molar-refractivity contribution in [1.29, 1.82) is 0 Å². The molecule has 4 heteroatoms. The molecule has 29 heavy (non-hydrogen) atoms. The molecule has 0 fully saturated rings. The maximum Gasteiger partial charge on any atom is 0.303 e. The molecule has 0 saturated heterocycles. The Morgan fingerprint density at radius 2 is 1.10 bits per heavy atom. The SMILES string of the molecule is CCC(CC)CCNN.CCCCCCCCCCCCCCCCCC(=O)O. The van der Waals surface area contributed by atoms with Gasteiger partial charge in [-0.25, -0.2) is 0 Å². The van der Waals surface area contributed by atoms with Crippen LogP contribution in [0.25, 0.3) is 0 Å². The van der Waals surface area contributed by atoms with E-state index in [2.05, 4.69) is 26.2 Å². The number of carboxylic acid groups (broad SMARTS) is 1. The molecule has 0 saturated carbocycles. The number of hydrogen-bond acceptors (Lipinski definition) is 3. The lowest BCUT2D eigenvalue weighted by Gasteiger charge is -2.09. The number of carbonyl (C=O) groups is 1. The Kier molecular flexibility index (Phi) is 28.9. The van der Waals surface area contributed by atoms with Gasteiger partial charge < -0.3 is 5.11 Å². The molecule has 0 rings (SSSR count). The molecule has 4 N–H and O–H groups in total. The molecular formula is C25H54N2O2. The Labute approximate surface area is 182 Å². The van der Waals surface area contributed by atoms with Gasteiger partial charge in [-0.3, -0.25) is 16.1 Å². The van der Waals surface area contributed by atoms with E-state index in [1.54, 1.807) is 0 Å². The molecule has 0 aromatic heterocycles. The monoisotopic (exact) mass is 414 g/mol. The van der Waals surface area contributed by atoms with Crippen LogP contribution in [0.1, 0.15) is 143 Å². The Hall–Kier alpha value is -0.610. The summed E-state index contributed by atoms with van der Waals surface area (Å²) in [5.74, 6) is 5.35. The van der Waals surface area contributed by atoms with E-state index in [4.69, 9.17) is 10.9 Å². The fourth-order valence-electron chi connectivity index (χ4n) is 3.63. The summed E-state index contributed by atoms with van der Waals surface area (Å²) in [6, 6.07) is 0. The van der Waals surface area contributed by atoms with Crippen LogP contribution in [-0.4, -0.2) is 17.6 Å². The van der Waals surface area contributed by atoms with Crippen molar-refractivity contribution in [1.82, 2.24) is 5.43 Å². The summed E-state index contributed by atoms with van der Waals surface area (Å²) in [5, 5.41) is 8.52. The van der Waals surface area contributed by atoms with E-state index in [9.17, 15) is 4.79 Å². The van der Waals surface area contributed by atoms with Crippen molar-refractivity contribution in [3.8, 4) is 0 Å². The van der Waals surface area contributed by atoms with Crippen LogP contribution in [0.3, 0.4) is 0 Å². The smallest absolute Gasteiger partial charge is 0.303 e. The number of nitrogens with one attached hydrogen (secondary N) is 1. The average molecular weight is 415 g/mol. The van der Waals surface area contributed by atoms with Crippen molar-refractivity contribution in [3.05, 3.63) is 0 Å². The van der Waals surface area contributed by atoms with Crippen molar-refractivity contribution in [3.63, 3.8) is 0 Å². The van der Waals surface area contributed by atoms with Crippen LogP contribution in [0.15, 0.2) is 0 Å². The Morgan fingerprint density at radius 1 is 0.724 bits per heavy atom. The number of hydrogen-bond donors (Lipinski definition) is 3. The number of aliphatic carboxylic acids is 1. The van der Waals surface area contributed by atoms with E-state index in [-0.39, 0.29) is 0 Å². The molecular weight excluding hydrogens is 360 g/mol. The number of carboxylic acids is 1. The Morgan fingerprint density at radius 3 is 1.41 bits per heavy atom. The normalized spacial score (nSPS) is 10.8. The maximum absolute atomic E-state index is 10.3. The zero-order chi connectivity index (χ0) is 22.0. The van der Waals surface area contributed by atoms with Crippen molar-refractivity contribution in [2.75, 3.05) is 6.54 Å².